The van der Waals surface area contributed by atoms with E-state index in [1.165, 1.54) is 131 Å². The molecule has 2 spiro atoms. The molecule has 6 aliphatic rings. The van der Waals surface area contributed by atoms with E-state index < -0.39 is 0 Å². The second kappa shape index (κ2) is 72.0. The number of benzene rings is 6. The Kier molecular flexibility index (Phi) is 68.7. The van der Waals surface area contributed by atoms with Crippen molar-refractivity contribution in [2.45, 2.75) is 250 Å². The molecule has 2 unspecified atom stereocenters. The number of nitrogens with zero attached hydrogens (tertiary/aromatic N) is 4. The van der Waals surface area contributed by atoms with Gasteiger partial charge in [-0.15, -0.1) is 0 Å². The van der Waals surface area contributed by atoms with E-state index in [-0.39, 0.29) is 28.9 Å². The van der Waals surface area contributed by atoms with Gasteiger partial charge in [0, 0.05) is 119 Å². The molecule has 2 aliphatic carbocycles. The van der Waals surface area contributed by atoms with Crippen molar-refractivity contribution < 1.29 is 38.6 Å². The quantitative estimate of drug-likeness (QED) is 0.0622. The highest BCUT2D eigenvalue weighted by molar-refractivity contribution is 9.10. The molecule has 6 aromatic carbocycles. The second-order valence-corrected chi connectivity index (χ2v) is 37.0. The van der Waals surface area contributed by atoms with Gasteiger partial charge in [-0.3, -0.25) is 14.6 Å². The number of pyridine rings is 1. The molecule has 4 aliphatic heterocycles. The minimum Gasteiger partial charge on any atom is -0.482 e. The fourth-order valence-corrected chi connectivity index (χ4v) is 14.7. The predicted molar refractivity (Wildman–Crippen MR) is 558 cm³/mol. The van der Waals surface area contributed by atoms with E-state index in [1.807, 2.05) is 114 Å². The minimum absolute atomic E-state index is 0.0142. The summed E-state index contributed by atoms with van der Waals surface area (Å²) in [6, 6.07) is 51.7. The van der Waals surface area contributed by atoms with Crippen LogP contribution in [0.2, 0.25) is 0 Å². The van der Waals surface area contributed by atoms with Gasteiger partial charge in [0.25, 0.3) is 11.8 Å². The Morgan fingerprint density at radius 3 is 1.32 bits per heavy atom. The van der Waals surface area contributed by atoms with Gasteiger partial charge < -0.3 is 49.0 Å². The molecular weight excluding hydrogens is 1950 g/mol. The molecule has 0 bridgehead atoms. The van der Waals surface area contributed by atoms with E-state index in [1.54, 1.807) is 11.1 Å². The van der Waals surface area contributed by atoms with Crippen LogP contribution in [0.25, 0.3) is 11.1 Å². The van der Waals surface area contributed by atoms with Crippen molar-refractivity contribution in [2.75, 3.05) is 93.2 Å². The Morgan fingerprint density at radius 1 is 0.536 bits per heavy atom. The molecule has 19 heteroatoms. The Hall–Kier alpha value is -5.74. The van der Waals surface area contributed by atoms with E-state index in [2.05, 4.69) is 297 Å². The first-order valence-electron chi connectivity index (χ1n) is 45.2. The number of fused-ring (bicyclic) bond motifs is 2. The Balaban J connectivity index is 0.00000138. The van der Waals surface area contributed by atoms with E-state index in [0.717, 1.165) is 172 Å². The number of allylic oxidation sites excluding steroid dienone is 2. The van der Waals surface area contributed by atoms with Crippen LogP contribution in [0.15, 0.2) is 170 Å². The molecule has 0 radical (unpaired) electrons. The zero-order valence-corrected chi connectivity index (χ0v) is 89.5. The molecule has 2 saturated carbocycles. The number of rotatable bonds is 18. The minimum atomic E-state index is -0.0811. The number of halogens is 6. The average Bonchev–Trinajstić information content (AvgIpc) is 0.801. The van der Waals surface area contributed by atoms with Crippen LogP contribution in [0.1, 0.15) is 275 Å². The van der Waals surface area contributed by atoms with Gasteiger partial charge in [0.1, 0.15) is 47.3 Å². The average molecular weight is 2110 g/mol. The summed E-state index contributed by atoms with van der Waals surface area (Å²) in [7, 11) is 3.21. The van der Waals surface area contributed by atoms with Gasteiger partial charge >= 0.3 is 0 Å². The number of aliphatic hydroxyl groups is 1. The van der Waals surface area contributed by atoms with Crippen LogP contribution in [0, 0.1) is 45.4 Å². The number of carbonyl (C=O) groups excluding carboxylic acids is 5. The van der Waals surface area contributed by atoms with E-state index >= 15 is 0 Å². The van der Waals surface area contributed by atoms with E-state index in [0.29, 0.717) is 23.4 Å². The molecule has 125 heavy (non-hydrogen) atoms. The smallest absolute Gasteiger partial charge is 0.272 e. The first-order chi connectivity index (χ1) is 60.0. The third-order valence-electron chi connectivity index (χ3n) is 21.0. The molecule has 2 saturated heterocycles. The Labute approximate surface area is 808 Å². The first kappa shape index (κ1) is 119. The normalized spacial score (nSPS) is 15.7. The fourth-order valence-electron chi connectivity index (χ4n) is 13.0. The summed E-state index contributed by atoms with van der Waals surface area (Å²) in [6.45, 7) is 46.5. The van der Waals surface area contributed by atoms with Gasteiger partial charge in [0.05, 0.1) is 0 Å². The number of alkyl halides is 6. The lowest BCUT2D eigenvalue weighted by molar-refractivity contribution is -0.110. The van der Waals surface area contributed by atoms with Crippen molar-refractivity contribution in [3.05, 3.63) is 242 Å². The number of aryl methyl sites for hydroxylation is 4. The number of ether oxygens (including phenoxy) is 2. The molecule has 696 valence electrons. The number of likely N-dealkylation sites (tertiary alicyclic amines) is 1. The summed E-state index contributed by atoms with van der Waals surface area (Å²) in [6.07, 6.45) is 26.0. The molecule has 2 amide bonds. The van der Waals surface area contributed by atoms with Crippen molar-refractivity contribution in [2.24, 2.45) is 17.8 Å². The number of carbonyl (C=O) groups is 5. The fraction of sp³-hybridized carbons (Fsp3) is 0.528. The topological polar surface area (TPSA) is 159 Å². The summed E-state index contributed by atoms with van der Waals surface area (Å²) in [5.74, 6) is 4.96. The van der Waals surface area contributed by atoms with E-state index in [4.69, 9.17) is 19.4 Å². The van der Waals surface area contributed by atoms with Crippen molar-refractivity contribution in [1.82, 2.24) is 25.0 Å². The van der Waals surface area contributed by atoms with Crippen molar-refractivity contribution in [1.29, 1.82) is 0 Å². The molecule has 1 aromatic heterocycles. The van der Waals surface area contributed by atoms with Gasteiger partial charge in [-0.05, 0) is 301 Å². The molecule has 5 heterocycles. The standard InChI is InChI=1S/C18H25NO.C17H23NO.C14H21NO.C13H20N2O.C9H11Br.C8H9Br.C7H7Br.C4H7Br.C4H6O.C4H8O.C3H7Br.C2H5Br.C2H4O.CH4O/c1-13-6-7-16-17(15(13)3)14(2)12-18(20-16)8-5-10-19(4)11-9-18;1-12-5-6-15-16(14(12)3)13(2)11-17(19-15)7-4-9-18-10-8-17;1-5-15(6-2)14(16)13-9-7-12(8-10-13)11(3)4;1-5-15(6-2)13(16)12-8-7-11(9-14-12)10(3)4;10-8-4-7-9-5-2-1-3-6-9;9-7-6-8-4-2-1-3-5-8;8-6-7-4-2-1-3-5-7;2*5-3-4-1-2-4;1-4(2)3-5;1-2-3-4;2*1-2-3;1-2/h6-7,12H,5,8-11H2,1-4H3;5-6,11,18H,4,7-10H2,1-3H3;7-11H,5-6H2,1-4H3;7-10H,5-6H2,1-4H3;1-3,5-6H,4,7-8H2;1-5H,6-7H2;1-5H,6H2;4H,1-3H2;3-4H,1-2H2;3-4H,1-2H3;2-3H2,1H3;2H2,1H3;2H,1H3;2H,1H3. The highest BCUT2D eigenvalue weighted by atomic mass is 79.9. The third kappa shape index (κ3) is 50.3. The number of aromatic nitrogens is 1. The van der Waals surface area contributed by atoms with Crippen LogP contribution in [0.4, 0.5) is 0 Å². The number of nitrogens with one attached hydrogen (secondary N) is 1. The lowest BCUT2D eigenvalue weighted by Gasteiger charge is -2.36. The molecule has 2 atom stereocenters. The lowest BCUT2D eigenvalue weighted by Crippen LogP contribution is -2.37. The van der Waals surface area contributed by atoms with Crippen LogP contribution < -0.4 is 14.8 Å². The summed E-state index contributed by atoms with van der Waals surface area (Å²) < 4.78 is 12.9. The summed E-state index contributed by atoms with van der Waals surface area (Å²) >= 11 is 19.9. The van der Waals surface area contributed by atoms with E-state index in [9.17, 15) is 19.2 Å². The zero-order chi connectivity index (χ0) is 94.1. The SMILES string of the molecule is BrCC1CC1.BrCCCc1ccccc1.BrCCc1ccccc1.BrCc1ccccc1.CC(C)C=O.CC1=CC2(CCCN(C)CC2)Oc2ccc(C)c(C)c21.CC1=CC2(CCCNCC2)Oc2ccc(C)c(C)c21.CC=O.CCBr.CCCBr.CCN(CC)C(=O)c1ccc(C(C)C)cc1.CCN(CC)C(=O)c1ccc(C(C)C)cn1.CO.O=CC1CC1. The van der Waals surface area contributed by atoms with Crippen LogP contribution in [0.5, 0.6) is 11.5 Å². The van der Waals surface area contributed by atoms with Crippen LogP contribution in [-0.4, -0.2) is 160 Å². The third-order valence-corrected chi connectivity index (χ3v) is 24.3. The summed E-state index contributed by atoms with van der Waals surface area (Å²) in [5, 5.41) is 17.0. The number of hydrogen-bond donors (Lipinski definition) is 2. The van der Waals surface area contributed by atoms with Crippen LogP contribution >= 0.6 is 95.6 Å². The van der Waals surface area contributed by atoms with Gasteiger partial charge in [-0.2, -0.15) is 0 Å². The maximum atomic E-state index is 12.0. The molecule has 13 nitrogen and oxygen atoms in total. The predicted octanol–water partition coefficient (Wildman–Crippen LogP) is 28.0. The van der Waals surface area contributed by atoms with Gasteiger partial charge in [-0.25, -0.2) is 0 Å². The van der Waals surface area contributed by atoms with Gasteiger partial charge in [0.2, 0.25) is 0 Å². The van der Waals surface area contributed by atoms with Crippen molar-refractivity contribution in [3.8, 4) is 11.5 Å². The highest BCUT2D eigenvalue weighted by Crippen LogP contribution is 2.44. The Morgan fingerprint density at radius 2 is 0.968 bits per heavy atom. The Bertz CT molecular complexity index is 3930. The van der Waals surface area contributed by atoms with Crippen molar-refractivity contribution in [3.63, 3.8) is 0 Å². The monoisotopic (exact) mass is 2100 g/mol. The number of hydrogen-bond acceptors (Lipinski definition) is 11. The van der Waals surface area contributed by atoms with Crippen molar-refractivity contribution >= 4 is 137 Å². The molecule has 13 rings (SSSR count). The molecule has 7 aromatic rings. The van der Waals surface area contributed by atoms with Gasteiger partial charge in [0.15, 0.2) is 0 Å². The van der Waals surface area contributed by atoms with Crippen LogP contribution in [-0.2, 0) is 32.6 Å². The lowest BCUT2D eigenvalue weighted by atomic mass is 9.85. The zero-order valence-electron chi connectivity index (χ0n) is 79.9. The maximum absolute atomic E-state index is 12.0. The number of aldehydes is 3. The summed E-state index contributed by atoms with van der Waals surface area (Å²) in [5.41, 5.74) is 18.5. The number of amides is 2. The maximum Gasteiger partial charge on any atom is 0.272 e. The molecular formula is C106H157Br6N5O8. The van der Waals surface area contributed by atoms with Crippen LogP contribution in [0.3, 0.4) is 0 Å². The molecule has 4 fully saturated rings. The molecule has 2 N–H and O–H groups in total. The number of aliphatic hydroxyl groups excluding tert-OH is 1. The summed E-state index contributed by atoms with van der Waals surface area (Å²) in [4.78, 5) is 62.1. The van der Waals surface area contributed by atoms with Gasteiger partial charge in [-0.1, -0.05) is 272 Å². The second-order valence-electron chi connectivity index (χ2n) is 32.3. The highest BCUT2D eigenvalue weighted by Gasteiger charge is 2.38. The first-order valence-corrected chi connectivity index (χ1v) is 52.0. The largest absolute Gasteiger partial charge is 0.482 e.